The summed E-state index contributed by atoms with van der Waals surface area (Å²) in [5.41, 5.74) is -0.862. The molecular formula is C13H11ClF3N3O2. The zero-order chi connectivity index (χ0) is 16.2. The van der Waals surface area contributed by atoms with E-state index in [1.165, 1.54) is 24.4 Å². The zero-order valence-corrected chi connectivity index (χ0v) is 11.8. The van der Waals surface area contributed by atoms with Crippen molar-refractivity contribution >= 4 is 23.3 Å². The molecule has 118 valence electrons. The van der Waals surface area contributed by atoms with Crippen LogP contribution in [0.3, 0.4) is 0 Å². The van der Waals surface area contributed by atoms with E-state index in [4.69, 9.17) is 16.0 Å². The third-order valence-electron chi connectivity index (χ3n) is 2.61. The fourth-order valence-electron chi connectivity index (χ4n) is 1.66. The van der Waals surface area contributed by atoms with Crippen LogP contribution in [-0.2, 0) is 6.18 Å². The number of nitrogens with one attached hydrogen (secondary N) is 2. The molecule has 2 heterocycles. The molecule has 2 rings (SSSR count). The summed E-state index contributed by atoms with van der Waals surface area (Å²) in [6.07, 6.45) is -3.24. The van der Waals surface area contributed by atoms with Crippen LogP contribution in [0.25, 0.3) is 0 Å². The average molecular weight is 334 g/mol. The molecule has 0 fully saturated rings. The number of carbonyl (C=O) groups excluding carboxylic acids is 1. The second kappa shape index (κ2) is 6.69. The topological polar surface area (TPSA) is 67.2 Å². The summed E-state index contributed by atoms with van der Waals surface area (Å²) < 4.78 is 43.1. The molecule has 0 bridgehead atoms. The maximum atomic E-state index is 12.7. The standard InChI is InChI=1S/C13H11ClF3N3O2/c14-10-4-3-9(22-10)12(21)20-7-6-19-11-8(13(15,16)17)2-1-5-18-11/h1-5H,6-7H2,(H,18,19)(H,20,21). The van der Waals surface area contributed by atoms with Crippen molar-refractivity contribution in [2.45, 2.75) is 6.18 Å². The summed E-state index contributed by atoms with van der Waals surface area (Å²) >= 11 is 5.53. The van der Waals surface area contributed by atoms with Crippen LogP contribution < -0.4 is 10.6 Å². The fraction of sp³-hybridized carbons (Fsp3) is 0.231. The highest BCUT2D eigenvalue weighted by molar-refractivity contribution is 6.29. The SMILES string of the molecule is O=C(NCCNc1ncccc1C(F)(F)F)c1ccc(Cl)o1. The van der Waals surface area contributed by atoms with Gasteiger partial charge >= 0.3 is 6.18 Å². The molecule has 0 radical (unpaired) electrons. The van der Waals surface area contributed by atoms with Gasteiger partial charge in [-0.1, -0.05) is 0 Å². The number of rotatable bonds is 5. The highest BCUT2D eigenvalue weighted by Crippen LogP contribution is 2.33. The average Bonchev–Trinajstić information content (AvgIpc) is 2.89. The van der Waals surface area contributed by atoms with Gasteiger partial charge in [-0.2, -0.15) is 13.2 Å². The van der Waals surface area contributed by atoms with Gasteiger partial charge in [-0.15, -0.1) is 0 Å². The number of hydrogen-bond donors (Lipinski definition) is 2. The Morgan fingerprint density at radius 3 is 2.68 bits per heavy atom. The van der Waals surface area contributed by atoms with Crippen molar-refractivity contribution in [2.75, 3.05) is 18.4 Å². The highest BCUT2D eigenvalue weighted by atomic mass is 35.5. The number of alkyl halides is 3. The van der Waals surface area contributed by atoms with Crippen molar-refractivity contribution in [1.82, 2.24) is 10.3 Å². The number of furan rings is 1. The summed E-state index contributed by atoms with van der Waals surface area (Å²) in [4.78, 5) is 15.3. The molecule has 0 aliphatic rings. The molecule has 9 heteroatoms. The van der Waals surface area contributed by atoms with Crippen molar-refractivity contribution in [3.8, 4) is 0 Å². The fourth-order valence-corrected chi connectivity index (χ4v) is 1.80. The van der Waals surface area contributed by atoms with Crippen LogP contribution >= 0.6 is 11.6 Å². The molecule has 0 spiro atoms. The van der Waals surface area contributed by atoms with Crippen molar-refractivity contribution in [3.63, 3.8) is 0 Å². The number of aromatic nitrogens is 1. The van der Waals surface area contributed by atoms with E-state index in [2.05, 4.69) is 15.6 Å². The first-order chi connectivity index (χ1) is 10.4. The molecule has 0 aliphatic heterocycles. The van der Waals surface area contributed by atoms with Crippen molar-refractivity contribution < 1.29 is 22.4 Å². The monoisotopic (exact) mass is 333 g/mol. The van der Waals surface area contributed by atoms with Gasteiger partial charge in [-0.25, -0.2) is 4.98 Å². The first kappa shape index (κ1) is 16.2. The number of hydrogen-bond acceptors (Lipinski definition) is 4. The minimum atomic E-state index is -4.50. The molecule has 0 aliphatic carbocycles. The number of pyridine rings is 1. The predicted octanol–water partition coefficient (Wildman–Crippen LogP) is 3.19. The van der Waals surface area contributed by atoms with Crippen LogP contribution in [0, 0.1) is 0 Å². The number of amides is 1. The maximum Gasteiger partial charge on any atom is 0.419 e. The van der Waals surface area contributed by atoms with Gasteiger partial charge in [-0.05, 0) is 35.9 Å². The van der Waals surface area contributed by atoms with E-state index in [1.807, 2.05) is 0 Å². The third kappa shape index (κ3) is 4.14. The molecule has 22 heavy (non-hydrogen) atoms. The van der Waals surface area contributed by atoms with E-state index in [0.29, 0.717) is 0 Å². The lowest BCUT2D eigenvalue weighted by Crippen LogP contribution is -2.29. The quantitative estimate of drug-likeness (QED) is 0.825. The van der Waals surface area contributed by atoms with Crippen LogP contribution in [0.5, 0.6) is 0 Å². The van der Waals surface area contributed by atoms with Crippen LogP contribution in [0.4, 0.5) is 19.0 Å². The summed E-state index contributed by atoms with van der Waals surface area (Å²) in [5, 5.41) is 5.08. The van der Waals surface area contributed by atoms with Gasteiger partial charge in [-0.3, -0.25) is 4.79 Å². The van der Waals surface area contributed by atoms with Crippen molar-refractivity contribution in [1.29, 1.82) is 0 Å². The van der Waals surface area contributed by atoms with E-state index in [-0.39, 0.29) is 29.9 Å². The molecule has 5 nitrogen and oxygen atoms in total. The van der Waals surface area contributed by atoms with E-state index >= 15 is 0 Å². The van der Waals surface area contributed by atoms with E-state index in [9.17, 15) is 18.0 Å². The Morgan fingerprint density at radius 2 is 2.05 bits per heavy atom. The Morgan fingerprint density at radius 1 is 1.27 bits per heavy atom. The Balaban J connectivity index is 1.86. The van der Waals surface area contributed by atoms with E-state index < -0.39 is 17.6 Å². The van der Waals surface area contributed by atoms with E-state index in [1.54, 1.807) is 0 Å². The molecule has 0 atom stereocenters. The first-order valence-electron chi connectivity index (χ1n) is 6.17. The number of nitrogens with zero attached hydrogens (tertiary/aromatic N) is 1. The van der Waals surface area contributed by atoms with Gasteiger partial charge < -0.3 is 15.1 Å². The second-order valence-electron chi connectivity index (χ2n) is 4.18. The molecule has 2 N–H and O–H groups in total. The Bertz CT molecular complexity index is 658. The van der Waals surface area contributed by atoms with Crippen LogP contribution in [0.2, 0.25) is 5.22 Å². The number of carbonyl (C=O) groups is 1. The Labute approximate surface area is 128 Å². The molecule has 2 aromatic rings. The van der Waals surface area contributed by atoms with Crippen molar-refractivity contribution in [2.24, 2.45) is 0 Å². The molecule has 0 saturated carbocycles. The zero-order valence-electron chi connectivity index (χ0n) is 11.1. The first-order valence-corrected chi connectivity index (χ1v) is 6.55. The third-order valence-corrected chi connectivity index (χ3v) is 2.82. The largest absolute Gasteiger partial charge is 0.440 e. The Kier molecular flexibility index (Phi) is 4.92. The van der Waals surface area contributed by atoms with Crippen LogP contribution in [0.1, 0.15) is 16.1 Å². The minimum Gasteiger partial charge on any atom is -0.440 e. The Hall–Kier alpha value is -2.22. The van der Waals surface area contributed by atoms with Gasteiger partial charge in [0.05, 0.1) is 5.56 Å². The molecule has 0 saturated heterocycles. The van der Waals surface area contributed by atoms with Crippen LogP contribution in [-0.4, -0.2) is 24.0 Å². The number of anilines is 1. The summed E-state index contributed by atoms with van der Waals surface area (Å²) in [5.74, 6) is -0.769. The van der Waals surface area contributed by atoms with E-state index in [0.717, 1.165) is 6.07 Å². The lowest BCUT2D eigenvalue weighted by molar-refractivity contribution is -0.137. The van der Waals surface area contributed by atoms with Gasteiger partial charge in [0.25, 0.3) is 5.91 Å². The maximum absolute atomic E-state index is 12.7. The minimum absolute atomic E-state index is 0.0267. The summed E-state index contributed by atoms with van der Waals surface area (Å²) in [6.45, 7) is 0.158. The molecule has 0 aromatic carbocycles. The van der Waals surface area contributed by atoms with Gasteiger partial charge in [0.1, 0.15) is 5.82 Å². The lowest BCUT2D eigenvalue weighted by atomic mass is 10.2. The smallest absolute Gasteiger partial charge is 0.419 e. The van der Waals surface area contributed by atoms with Gasteiger partial charge in [0, 0.05) is 19.3 Å². The summed E-state index contributed by atoms with van der Waals surface area (Å²) in [6, 6.07) is 4.94. The molecule has 2 aromatic heterocycles. The lowest BCUT2D eigenvalue weighted by Gasteiger charge is -2.13. The molecular weight excluding hydrogens is 323 g/mol. The normalized spacial score (nSPS) is 11.3. The number of halogens is 4. The molecule has 1 amide bonds. The highest BCUT2D eigenvalue weighted by Gasteiger charge is 2.33. The molecule has 0 unspecified atom stereocenters. The summed E-state index contributed by atoms with van der Waals surface area (Å²) in [7, 11) is 0. The van der Waals surface area contributed by atoms with Gasteiger partial charge in [0.2, 0.25) is 0 Å². The second-order valence-corrected chi connectivity index (χ2v) is 4.56. The van der Waals surface area contributed by atoms with Crippen molar-refractivity contribution in [3.05, 3.63) is 47.0 Å². The van der Waals surface area contributed by atoms with Gasteiger partial charge in [0.15, 0.2) is 11.0 Å². The van der Waals surface area contributed by atoms with Crippen LogP contribution in [0.15, 0.2) is 34.9 Å². The predicted molar refractivity (Wildman–Crippen MR) is 73.8 cm³/mol.